The Morgan fingerprint density at radius 3 is 2.50 bits per heavy atom. The fraction of sp³-hybridized carbons (Fsp3) is 0.143. The van der Waals surface area contributed by atoms with Gasteiger partial charge in [-0.15, -0.1) is 0 Å². The van der Waals surface area contributed by atoms with Crippen molar-refractivity contribution in [3.8, 4) is 5.75 Å². The summed E-state index contributed by atoms with van der Waals surface area (Å²) in [5, 5.41) is 0. The normalized spacial score (nSPS) is 10.4. The van der Waals surface area contributed by atoms with Crippen LogP contribution < -0.4 is 10.5 Å². The zero-order valence-corrected chi connectivity index (χ0v) is 10.8. The summed E-state index contributed by atoms with van der Waals surface area (Å²) in [6.45, 7) is 0.330. The molecule has 2 nitrogen and oxygen atoms in total. The number of hydrogen-bond acceptors (Lipinski definition) is 3. The van der Waals surface area contributed by atoms with Gasteiger partial charge in [0, 0.05) is 11.4 Å². The summed E-state index contributed by atoms with van der Waals surface area (Å²) in [5.41, 5.74) is 6.43. The molecule has 4 heteroatoms. The van der Waals surface area contributed by atoms with Gasteiger partial charge >= 0.3 is 0 Å². The second-order valence-corrected chi connectivity index (χ2v) is 4.79. The third-order valence-corrected chi connectivity index (χ3v) is 3.72. The van der Waals surface area contributed by atoms with Crippen LogP contribution in [0.15, 0.2) is 52.3 Å². The van der Waals surface area contributed by atoms with E-state index in [0.29, 0.717) is 11.4 Å². The summed E-state index contributed by atoms with van der Waals surface area (Å²) in [7, 11) is 1.62. The van der Waals surface area contributed by atoms with E-state index in [-0.39, 0.29) is 5.82 Å². The van der Waals surface area contributed by atoms with Crippen LogP contribution in [0.5, 0.6) is 5.75 Å². The number of ether oxygens (including phenoxy) is 1. The van der Waals surface area contributed by atoms with Crippen molar-refractivity contribution in [3.63, 3.8) is 0 Å². The SMILES string of the molecule is COc1ccc(Sc2c(F)cccc2CN)cc1. The molecule has 0 aliphatic rings. The molecule has 0 saturated carbocycles. The number of rotatable bonds is 4. The molecule has 18 heavy (non-hydrogen) atoms. The number of methoxy groups -OCH3 is 1. The molecule has 0 unspecified atom stereocenters. The molecule has 0 bridgehead atoms. The third-order valence-electron chi connectivity index (χ3n) is 2.55. The minimum absolute atomic E-state index is 0.237. The molecule has 2 N–H and O–H groups in total. The first kappa shape index (κ1) is 12.9. The van der Waals surface area contributed by atoms with Gasteiger partial charge in [0.25, 0.3) is 0 Å². The minimum Gasteiger partial charge on any atom is -0.497 e. The Morgan fingerprint density at radius 1 is 1.17 bits per heavy atom. The van der Waals surface area contributed by atoms with Crippen LogP contribution in [0.1, 0.15) is 5.56 Å². The van der Waals surface area contributed by atoms with E-state index in [2.05, 4.69) is 0 Å². The van der Waals surface area contributed by atoms with Gasteiger partial charge in [-0.05, 0) is 35.9 Å². The van der Waals surface area contributed by atoms with Crippen LogP contribution in [-0.4, -0.2) is 7.11 Å². The maximum atomic E-state index is 13.8. The first-order chi connectivity index (χ1) is 8.74. The van der Waals surface area contributed by atoms with Crippen LogP contribution in [0.4, 0.5) is 4.39 Å². The highest BCUT2D eigenvalue weighted by molar-refractivity contribution is 7.99. The first-order valence-electron chi connectivity index (χ1n) is 5.54. The van der Waals surface area contributed by atoms with Crippen molar-refractivity contribution in [2.75, 3.05) is 7.11 Å². The average molecular weight is 263 g/mol. The molecule has 0 atom stereocenters. The Labute approximate surface area is 110 Å². The lowest BCUT2D eigenvalue weighted by Crippen LogP contribution is -1.99. The first-order valence-corrected chi connectivity index (χ1v) is 6.35. The molecule has 0 saturated heterocycles. The highest BCUT2D eigenvalue weighted by atomic mass is 32.2. The van der Waals surface area contributed by atoms with Gasteiger partial charge in [0.05, 0.1) is 12.0 Å². The van der Waals surface area contributed by atoms with Gasteiger partial charge in [0.15, 0.2) is 0 Å². The molecule has 2 rings (SSSR count). The quantitative estimate of drug-likeness (QED) is 0.917. The van der Waals surface area contributed by atoms with Crippen LogP contribution in [0.3, 0.4) is 0 Å². The number of hydrogen-bond donors (Lipinski definition) is 1. The smallest absolute Gasteiger partial charge is 0.137 e. The second kappa shape index (κ2) is 5.89. The Hall–Kier alpha value is -1.52. The topological polar surface area (TPSA) is 35.2 Å². The predicted octanol–water partition coefficient (Wildman–Crippen LogP) is 3.44. The van der Waals surface area contributed by atoms with Crippen molar-refractivity contribution in [3.05, 3.63) is 53.8 Å². The maximum Gasteiger partial charge on any atom is 0.137 e. The predicted molar refractivity (Wildman–Crippen MR) is 71.4 cm³/mol. The Bertz CT molecular complexity index is 528. The molecule has 0 amide bonds. The molecule has 2 aromatic rings. The highest BCUT2D eigenvalue weighted by Gasteiger charge is 2.09. The van der Waals surface area contributed by atoms with Crippen LogP contribution >= 0.6 is 11.8 Å². The lowest BCUT2D eigenvalue weighted by molar-refractivity contribution is 0.414. The van der Waals surface area contributed by atoms with Crippen LogP contribution in [0.25, 0.3) is 0 Å². The van der Waals surface area contributed by atoms with Crippen molar-refractivity contribution in [1.82, 2.24) is 0 Å². The number of nitrogens with two attached hydrogens (primary N) is 1. The average Bonchev–Trinajstić information content (AvgIpc) is 2.42. The van der Waals surface area contributed by atoms with Crippen LogP contribution in [-0.2, 0) is 6.54 Å². The highest BCUT2D eigenvalue weighted by Crippen LogP contribution is 2.33. The lowest BCUT2D eigenvalue weighted by Gasteiger charge is -2.09. The summed E-state index contributed by atoms with van der Waals surface area (Å²) in [4.78, 5) is 1.54. The molecule has 0 aliphatic carbocycles. The summed E-state index contributed by atoms with van der Waals surface area (Å²) in [6.07, 6.45) is 0. The van der Waals surface area contributed by atoms with Crippen molar-refractivity contribution in [2.45, 2.75) is 16.3 Å². The minimum atomic E-state index is -0.237. The fourth-order valence-corrected chi connectivity index (χ4v) is 2.55. The van der Waals surface area contributed by atoms with E-state index in [0.717, 1.165) is 16.2 Å². The summed E-state index contributed by atoms with van der Waals surface area (Å²) in [6, 6.07) is 12.5. The molecular weight excluding hydrogens is 249 g/mol. The molecule has 2 aromatic carbocycles. The summed E-state index contributed by atoms with van der Waals surface area (Å²) >= 11 is 1.37. The molecule has 0 spiro atoms. The second-order valence-electron chi connectivity index (χ2n) is 3.71. The van der Waals surface area contributed by atoms with Gasteiger partial charge in [-0.3, -0.25) is 0 Å². The third kappa shape index (κ3) is 2.83. The maximum absolute atomic E-state index is 13.8. The van der Waals surface area contributed by atoms with E-state index in [1.807, 2.05) is 30.3 Å². The monoisotopic (exact) mass is 263 g/mol. The van der Waals surface area contributed by atoms with E-state index < -0.39 is 0 Å². The van der Waals surface area contributed by atoms with E-state index in [1.165, 1.54) is 17.8 Å². The van der Waals surface area contributed by atoms with Crippen molar-refractivity contribution in [2.24, 2.45) is 5.73 Å². The fourth-order valence-electron chi connectivity index (χ4n) is 1.59. The van der Waals surface area contributed by atoms with E-state index in [4.69, 9.17) is 10.5 Å². The van der Waals surface area contributed by atoms with Gasteiger partial charge in [-0.2, -0.15) is 0 Å². The van der Waals surface area contributed by atoms with Crippen molar-refractivity contribution < 1.29 is 9.13 Å². The van der Waals surface area contributed by atoms with Crippen molar-refractivity contribution in [1.29, 1.82) is 0 Å². The zero-order chi connectivity index (χ0) is 13.0. The Morgan fingerprint density at radius 2 is 1.89 bits per heavy atom. The molecule has 0 heterocycles. The lowest BCUT2D eigenvalue weighted by atomic mass is 10.2. The standard InChI is InChI=1S/C14H14FNOS/c1-17-11-5-7-12(8-6-11)18-14-10(9-16)3-2-4-13(14)15/h2-8H,9,16H2,1H3. The molecular formula is C14H14FNOS. The summed E-state index contributed by atoms with van der Waals surface area (Å²) < 4.78 is 18.9. The zero-order valence-electron chi connectivity index (χ0n) is 10.0. The molecule has 0 fully saturated rings. The molecule has 0 aliphatic heterocycles. The van der Waals surface area contributed by atoms with Gasteiger partial charge in [-0.1, -0.05) is 23.9 Å². The van der Waals surface area contributed by atoms with Gasteiger partial charge in [0.1, 0.15) is 11.6 Å². The Balaban J connectivity index is 2.27. The van der Waals surface area contributed by atoms with Crippen LogP contribution in [0, 0.1) is 5.82 Å². The number of halogens is 1. The largest absolute Gasteiger partial charge is 0.497 e. The number of benzene rings is 2. The van der Waals surface area contributed by atoms with E-state index in [9.17, 15) is 4.39 Å². The van der Waals surface area contributed by atoms with Gasteiger partial charge in [0.2, 0.25) is 0 Å². The van der Waals surface area contributed by atoms with Gasteiger partial charge in [-0.25, -0.2) is 4.39 Å². The molecule has 0 radical (unpaired) electrons. The molecule has 94 valence electrons. The van der Waals surface area contributed by atoms with Crippen molar-refractivity contribution >= 4 is 11.8 Å². The summed E-state index contributed by atoms with van der Waals surface area (Å²) in [5.74, 6) is 0.547. The Kier molecular flexibility index (Phi) is 4.23. The molecule has 0 aromatic heterocycles. The van der Waals surface area contributed by atoms with Gasteiger partial charge < -0.3 is 10.5 Å². The van der Waals surface area contributed by atoms with E-state index in [1.54, 1.807) is 13.2 Å². The van der Waals surface area contributed by atoms with Crippen LogP contribution in [0.2, 0.25) is 0 Å². The van der Waals surface area contributed by atoms with E-state index >= 15 is 0 Å².